The number of ether oxygens (including phenoxy) is 1. The lowest BCUT2D eigenvalue weighted by Gasteiger charge is -2.24. The number of benzene rings is 1. The minimum atomic E-state index is -1.31. The molecule has 0 aliphatic heterocycles. The van der Waals surface area contributed by atoms with E-state index in [0.717, 1.165) is 16.7 Å². The Morgan fingerprint density at radius 3 is 2.76 bits per heavy atom. The van der Waals surface area contributed by atoms with E-state index in [4.69, 9.17) is 16.3 Å². The van der Waals surface area contributed by atoms with Crippen LogP contribution in [0.5, 0.6) is 0 Å². The number of rotatable bonds is 4. The first-order valence-corrected chi connectivity index (χ1v) is 8.99. The summed E-state index contributed by atoms with van der Waals surface area (Å²) in [5.41, 5.74) is -1.24. The molecule has 3 N–H and O–H groups in total. The van der Waals surface area contributed by atoms with Crippen LogP contribution in [0.1, 0.15) is 32.7 Å². The second kappa shape index (κ2) is 7.80. The predicted octanol–water partition coefficient (Wildman–Crippen LogP) is 2.46. The number of aliphatic hydroxyl groups excluding tert-OH is 1. The van der Waals surface area contributed by atoms with Crippen LogP contribution in [0.25, 0.3) is 16.7 Å². The zero-order valence-corrected chi connectivity index (χ0v) is 16.6. The largest absolute Gasteiger partial charge is 0.436 e. The van der Waals surface area contributed by atoms with E-state index in [0.29, 0.717) is 0 Å². The number of aromatic amines is 1. The Labute approximate surface area is 169 Å². The van der Waals surface area contributed by atoms with Gasteiger partial charge in [-0.05, 0) is 32.9 Å². The van der Waals surface area contributed by atoms with Crippen LogP contribution in [-0.2, 0) is 4.74 Å². The van der Waals surface area contributed by atoms with E-state index in [-0.39, 0.29) is 27.6 Å². The van der Waals surface area contributed by atoms with Gasteiger partial charge in [0.25, 0.3) is 5.56 Å². The molecule has 3 rings (SSSR count). The first-order chi connectivity index (χ1) is 13.6. The van der Waals surface area contributed by atoms with Crippen LogP contribution in [-0.4, -0.2) is 43.1 Å². The van der Waals surface area contributed by atoms with Crippen LogP contribution < -0.4 is 10.9 Å². The van der Waals surface area contributed by atoms with Gasteiger partial charge in [0, 0.05) is 11.6 Å². The standard InChI is InChI=1S/C18H19ClFN5O4/c1-18(2,3)23-17(28)29-12(8-26)15-22-14-10(6-9(20)7-11(14)19)16(27)25(15)13-4-5-21-24-13/h4-7,12,26H,8H2,1-3H3,(H,21,24)(H,23,28)/t12-/m0/s1. The highest BCUT2D eigenvalue weighted by atomic mass is 35.5. The first-order valence-electron chi connectivity index (χ1n) is 8.62. The van der Waals surface area contributed by atoms with Gasteiger partial charge in [0.1, 0.15) is 11.6 Å². The van der Waals surface area contributed by atoms with Gasteiger partial charge in [-0.15, -0.1) is 0 Å². The SMILES string of the molecule is CC(C)(C)NC(=O)O[C@@H](CO)c1nc2c(Cl)cc(F)cc2c(=O)n1-c1ccn[nH]1. The van der Waals surface area contributed by atoms with Crippen LogP contribution in [0.4, 0.5) is 9.18 Å². The number of carbonyl (C=O) groups excluding carboxylic acids is 1. The lowest BCUT2D eigenvalue weighted by atomic mass is 10.1. The summed E-state index contributed by atoms with van der Waals surface area (Å²) in [6.45, 7) is 4.60. The van der Waals surface area contributed by atoms with Crippen LogP contribution in [0, 0.1) is 5.82 Å². The number of hydrogen-bond acceptors (Lipinski definition) is 6. The van der Waals surface area contributed by atoms with Crippen molar-refractivity contribution in [1.82, 2.24) is 25.1 Å². The van der Waals surface area contributed by atoms with Gasteiger partial charge in [-0.2, -0.15) is 5.10 Å². The van der Waals surface area contributed by atoms with Gasteiger partial charge < -0.3 is 15.2 Å². The Bertz CT molecular complexity index is 1110. The number of amides is 1. The number of carbonyl (C=O) groups is 1. The van der Waals surface area contributed by atoms with Crippen LogP contribution in [0.2, 0.25) is 5.02 Å². The summed E-state index contributed by atoms with van der Waals surface area (Å²) in [5, 5.41) is 18.7. The van der Waals surface area contributed by atoms with Gasteiger partial charge in [0.15, 0.2) is 11.9 Å². The van der Waals surface area contributed by atoms with Crippen molar-refractivity contribution in [1.29, 1.82) is 0 Å². The van der Waals surface area contributed by atoms with Gasteiger partial charge in [-0.25, -0.2) is 18.7 Å². The molecular weight excluding hydrogens is 405 g/mol. The third-order valence-electron chi connectivity index (χ3n) is 3.82. The molecule has 1 atom stereocenters. The van der Waals surface area contributed by atoms with Crippen molar-refractivity contribution >= 4 is 28.6 Å². The molecule has 0 saturated carbocycles. The Morgan fingerprint density at radius 1 is 1.45 bits per heavy atom. The summed E-state index contributed by atoms with van der Waals surface area (Å²) >= 11 is 6.07. The Kier molecular flexibility index (Phi) is 5.58. The summed E-state index contributed by atoms with van der Waals surface area (Å²) in [7, 11) is 0. The highest BCUT2D eigenvalue weighted by molar-refractivity contribution is 6.35. The summed E-state index contributed by atoms with van der Waals surface area (Å²) < 4.78 is 20.2. The minimum absolute atomic E-state index is 0.0158. The van der Waals surface area contributed by atoms with E-state index in [2.05, 4.69) is 20.5 Å². The topological polar surface area (TPSA) is 122 Å². The molecule has 0 saturated heterocycles. The Hall–Kier alpha value is -2.98. The van der Waals surface area contributed by atoms with E-state index < -0.39 is 35.7 Å². The van der Waals surface area contributed by atoms with Crippen LogP contribution in [0.15, 0.2) is 29.2 Å². The molecule has 11 heteroatoms. The van der Waals surface area contributed by atoms with E-state index in [1.54, 1.807) is 20.8 Å². The summed E-state index contributed by atoms with van der Waals surface area (Å²) in [4.78, 5) is 29.6. The molecule has 0 unspecified atom stereocenters. The van der Waals surface area contributed by atoms with E-state index in [9.17, 15) is 19.1 Å². The van der Waals surface area contributed by atoms with Crippen LogP contribution >= 0.6 is 11.6 Å². The number of H-pyrrole nitrogens is 1. The van der Waals surface area contributed by atoms with Crippen LogP contribution in [0.3, 0.4) is 0 Å². The molecule has 0 bridgehead atoms. The van der Waals surface area contributed by atoms with E-state index in [1.165, 1.54) is 12.3 Å². The average molecular weight is 424 g/mol. The molecule has 1 aromatic carbocycles. The number of fused-ring (bicyclic) bond motifs is 1. The lowest BCUT2D eigenvalue weighted by molar-refractivity contribution is 0.0468. The summed E-state index contributed by atoms with van der Waals surface area (Å²) in [5.74, 6) is -0.616. The maximum atomic E-state index is 13.8. The van der Waals surface area contributed by atoms with Gasteiger partial charge in [-0.3, -0.25) is 9.89 Å². The molecule has 0 radical (unpaired) electrons. The zero-order valence-electron chi connectivity index (χ0n) is 15.9. The van der Waals surface area contributed by atoms with Crippen molar-refractivity contribution in [2.75, 3.05) is 6.61 Å². The number of nitrogens with one attached hydrogen (secondary N) is 2. The molecule has 0 aliphatic carbocycles. The predicted molar refractivity (Wildman–Crippen MR) is 104 cm³/mol. The van der Waals surface area contributed by atoms with Crippen molar-refractivity contribution in [3.63, 3.8) is 0 Å². The summed E-state index contributed by atoms with van der Waals surface area (Å²) in [6.07, 6.45) is -0.721. The fourth-order valence-corrected chi connectivity index (χ4v) is 2.94. The molecular formula is C18H19ClFN5O4. The zero-order chi connectivity index (χ0) is 21.3. The Morgan fingerprint density at radius 2 is 2.17 bits per heavy atom. The maximum Gasteiger partial charge on any atom is 0.408 e. The number of halogens is 2. The molecule has 1 amide bonds. The molecule has 0 aliphatic rings. The highest BCUT2D eigenvalue weighted by Crippen LogP contribution is 2.25. The number of nitrogens with zero attached hydrogens (tertiary/aromatic N) is 3. The van der Waals surface area contributed by atoms with Gasteiger partial charge in [0.2, 0.25) is 0 Å². The smallest absolute Gasteiger partial charge is 0.408 e. The van der Waals surface area contributed by atoms with Crippen molar-refractivity contribution in [2.24, 2.45) is 0 Å². The molecule has 0 spiro atoms. The molecule has 9 nitrogen and oxygen atoms in total. The second-order valence-electron chi connectivity index (χ2n) is 7.29. The van der Waals surface area contributed by atoms with Gasteiger partial charge >= 0.3 is 6.09 Å². The quantitative estimate of drug-likeness (QED) is 0.592. The molecule has 0 fully saturated rings. The summed E-state index contributed by atoms with van der Waals surface area (Å²) in [6, 6.07) is 3.50. The highest BCUT2D eigenvalue weighted by Gasteiger charge is 2.27. The van der Waals surface area contributed by atoms with E-state index in [1.807, 2.05) is 0 Å². The average Bonchev–Trinajstić information content (AvgIpc) is 3.13. The number of aromatic nitrogens is 4. The maximum absolute atomic E-state index is 13.8. The van der Waals surface area contributed by atoms with Crippen molar-refractivity contribution < 1.29 is 19.0 Å². The molecule has 2 aromatic heterocycles. The number of hydrogen-bond donors (Lipinski definition) is 3. The van der Waals surface area contributed by atoms with Gasteiger partial charge in [0.05, 0.1) is 28.7 Å². The number of aliphatic hydroxyl groups is 1. The lowest BCUT2D eigenvalue weighted by Crippen LogP contribution is -2.42. The monoisotopic (exact) mass is 423 g/mol. The molecule has 3 aromatic rings. The second-order valence-corrected chi connectivity index (χ2v) is 7.69. The fourth-order valence-electron chi connectivity index (χ4n) is 2.69. The number of alkyl carbamates (subject to hydrolysis) is 1. The van der Waals surface area contributed by atoms with Crippen molar-refractivity contribution in [2.45, 2.75) is 32.4 Å². The normalized spacial score (nSPS) is 12.8. The molecule has 29 heavy (non-hydrogen) atoms. The third kappa shape index (κ3) is 4.38. The van der Waals surface area contributed by atoms with E-state index >= 15 is 0 Å². The third-order valence-corrected chi connectivity index (χ3v) is 4.11. The fraction of sp³-hybridized carbons (Fsp3) is 0.333. The molecule has 154 valence electrons. The van der Waals surface area contributed by atoms with Crippen molar-refractivity contribution in [3.05, 3.63) is 51.4 Å². The molecule has 2 heterocycles. The Balaban J connectivity index is 2.20. The van der Waals surface area contributed by atoms with Gasteiger partial charge in [-0.1, -0.05) is 11.6 Å². The minimum Gasteiger partial charge on any atom is -0.436 e. The van der Waals surface area contributed by atoms with Crippen molar-refractivity contribution in [3.8, 4) is 5.82 Å². The first kappa shape index (κ1) is 20.7.